The van der Waals surface area contributed by atoms with Gasteiger partial charge in [0.05, 0.1) is 6.61 Å². The summed E-state index contributed by atoms with van der Waals surface area (Å²) in [4.78, 5) is 28.5. The monoisotopic (exact) mass is 394 g/mol. The number of carbonyl (C=O) groups excluding carboxylic acids is 2. The minimum absolute atomic E-state index is 0.0279. The van der Waals surface area contributed by atoms with Gasteiger partial charge in [0.25, 0.3) is 5.91 Å². The van der Waals surface area contributed by atoms with Crippen molar-refractivity contribution in [2.75, 3.05) is 13.2 Å². The van der Waals surface area contributed by atoms with Crippen molar-refractivity contribution in [2.24, 2.45) is 0 Å². The van der Waals surface area contributed by atoms with Gasteiger partial charge in [0.15, 0.2) is 0 Å². The number of ether oxygens (including phenoxy) is 2. The maximum absolute atomic E-state index is 12.1. The largest absolute Gasteiger partial charge is 0.494 e. The lowest BCUT2D eigenvalue weighted by molar-refractivity contribution is -0.143. The molecule has 0 saturated heterocycles. The zero-order valence-corrected chi connectivity index (χ0v) is 16.3. The second-order valence-corrected chi connectivity index (χ2v) is 6.19. The van der Waals surface area contributed by atoms with E-state index in [0.717, 1.165) is 5.56 Å². The molecule has 1 aromatic heterocycles. The smallest absolute Gasteiger partial charge is 0.325 e. The van der Waals surface area contributed by atoms with Crippen LogP contribution in [0.15, 0.2) is 59.0 Å². The highest BCUT2D eigenvalue weighted by molar-refractivity contribution is 5.96. The molecule has 7 heteroatoms. The summed E-state index contributed by atoms with van der Waals surface area (Å²) in [5, 5.41) is 2.53. The molecule has 150 valence electrons. The SMILES string of the molecule is CCOc1ccc(C(=O)NCC(=O)OCc2nc(-c3ccccc3)oc2C)cc1. The molecular formula is C22H22N2O5. The van der Waals surface area contributed by atoms with Gasteiger partial charge in [-0.2, -0.15) is 0 Å². The number of aryl methyl sites for hydroxylation is 1. The third kappa shape index (κ3) is 5.44. The van der Waals surface area contributed by atoms with E-state index in [1.807, 2.05) is 37.3 Å². The van der Waals surface area contributed by atoms with Crippen molar-refractivity contribution >= 4 is 11.9 Å². The Morgan fingerprint density at radius 2 is 1.79 bits per heavy atom. The van der Waals surface area contributed by atoms with Crippen molar-refractivity contribution in [3.63, 3.8) is 0 Å². The van der Waals surface area contributed by atoms with Gasteiger partial charge in [-0.05, 0) is 50.2 Å². The molecular weight excluding hydrogens is 372 g/mol. The Kier molecular flexibility index (Phi) is 6.63. The predicted octanol–water partition coefficient (Wildman–Crippen LogP) is 3.52. The van der Waals surface area contributed by atoms with Gasteiger partial charge in [-0.3, -0.25) is 9.59 Å². The summed E-state index contributed by atoms with van der Waals surface area (Å²) in [6.07, 6.45) is 0. The van der Waals surface area contributed by atoms with Gasteiger partial charge >= 0.3 is 5.97 Å². The lowest BCUT2D eigenvalue weighted by Crippen LogP contribution is -2.30. The number of rotatable bonds is 8. The molecule has 0 unspecified atom stereocenters. The van der Waals surface area contributed by atoms with Crippen LogP contribution in [0.4, 0.5) is 0 Å². The van der Waals surface area contributed by atoms with Crippen molar-refractivity contribution in [1.29, 1.82) is 0 Å². The van der Waals surface area contributed by atoms with Gasteiger partial charge in [0.2, 0.25) is 5.89 Å². The average molecular weight is 394 g/mol. The first-order chi connectivity index (χ1) is 14.1. The second kappa shape index (κ2) is 9.54. The van der Waals surface area contributed by atoms with E-state index < -0.39 is 5.97 Å². The van der Waals surface area contributed by atoms with Gasteiger partial charge < -0.3 is 19.2 Å². The van der Waals surface area contributed by atoms with Crippen LogP contribution in [0, 0.1) is 6.92 Å². The van der Waals surface area contributed by atoms with E-state index in [-0.39, 0.29) is 19.1 Å². The molecule has 2 aromatic carbocycles. The molecule has 0 atom stereocenters. The van der Waals surface area contributed by atoms with Crippen molar-refractivity contribution in [3.05, 3.63) is 71.6 Å². The van der Waals surface area contributed by atoms with Crippen LogP contribution in [0.3, 0.4) is 0 Å². The Morgan fingerprint density at radius 3 is 2.48 bits per heavy atom. The number of benzene rings is 2. The molecule has 0 fully saturated rings. The van der Waals surface area contributed by atoms with E-state index in [4.69, 9.17) is 13.9 Å². The molecule has 0 radical (unpaired) electrons. The number of amides is 1. The Labute approximate surface area is 168 Å². The number of aromatic nitrogens is 1. The minimum atomic E-state index is -0.562. The number of hydrogen-bond acceptors (Lipinski definition) is 6. The summed E-state index contributed by atoms with van der Waals surface area (Å²) >= 11 is 0. The first kappa shape index (κ1) is 20.1. The van der Waals surface area contributed by atoms with Crippen LogP contribution in [0.2, 0.25) is 0 Å². The fraction of sp³-hybridized carbons (Fsp3) is 0.227. The molecule has 29 heavy (non-hydrogen) atoms. The lowest BCUT2D eigenvalue weighted by atomic mass is 10.2. The topological polar surface area (TPSA) is 90.7 Å². The fourth-order valence-electron chi connectivity index (χ4n) is 2.59. The second-order valence-electron chi connectivity index (χ2n) is 6.19. The molecule has 3 aromatic rings. The number of oxazole rings is 1. The third-order valence-corrected chi connectivity index (χ3v) is 4.10. The van der Waals surface area contributed by atoms with Gasteiger partial charge in [-0.15, -0.1) is 0 Å². The Hall–Kier alpha value is -3.61. The Morgan fingerprint density at radius 1 is 1.07 bits per heavy atom. The zero-order valence-electron chi connectivity index (χ0n) is 16.3. The van der Waals surface area contributed by atoms with Gasteiger partial charge in [0.1, 0.15) is 30.4 Å². The quantitative estimate of drug-likeness (QED) is 0.588. The Balaban J connectivity index is 1.49. The third-order valence-electron chi connectivity index (χ3n) is 4.10. The normalized spacial score (nSPS) is 10.4. The van der Waals surface area contributed by atoms with Crippen LogP contribution < -0.4 is 10.1 Å². The van der Waals surface area contributed by atoms with Gasteiger partial charge in [0, 0.05) is 11.1 Å². The molecule has 7 nitrogen and oxygen atoms in total. The summed E-state index contributed by atoms with van der Waals surface area (Å²) in [7, 11) is 0. The molecule has 0 bridgehead atoms. The van der Waals surface area contributed by atoms with Crippen LogP contribution in [0.1, 0.15) is 28.7 Å². The minimum Gasteiger partial charge on any atom is -0.494 e. The number of nitrogens with zero attached hydrogens (tertiary/aromatic N) is 1. The molecule has 1 N–H and O–H groups in total. The zero-order chi connectivity index (χ0) is 20.6. The van der Waals surface area contributed by atoms with Crippen molar-refractivity contribution < 1.29 is 23.5 Å². The first-order valence-electron chi connectivity index (χ1n) is 9.25. The van der Waals surface area contributed by atoms with E-state index in [1.54, 1.807) is 31.2 Å². The van der Waals surface area contributed by atoms with E-state index >= 15 is 0 Å². The molecule has 0 saturated carbocycles. The molecule has 0 aliphatic heterocycles. The Bertz CT molecular complexity index is 965. The summed E-state index contributed by atoms with van der Waals surface area (Å²) in [5.74, 6) is 0.802. The van der Waals surface area contributed by atoms with E-state index in [9.17, 15) is 9.59 Å². The molecule has 1 amide bonds. The molecule has 1 heterocycles. The molecule has 0 aliphatic carbocycles. The number of hydrogen-bond donors (Lipinski definition) is 1. The molecule has 0 spiro atoms. The maximum atomic E-state index is 12.1. The van der Waals surface area contributed by atoms with Crippen LogP contribution in [-0.2, 0) is 16.1 Å². The summed E-state index contributed by atoms with van der Waals surface area (Å²) in [5.41, 5.74) is 1.81. The van der Waals surface area contributed by atoms with Gasteiger partial charge in [-0.25, -0.2) is 4.98 Å². The first-order valence-corrected chi connectivity index (χ1v) is 9.25. The van der Waals surface area contributed by atoms with Crippen molar-refractivity contribution in [3.8, 4) is 17.2 Å². The van der Waals surface area contributed by atoms with E-state index in [0.29, 0.717) is 35.3 Å². The number of carbonyl (C=O) groups is 2. The van der Waals surface area contributed by atoms with Crippen molar-refractivity contribution in [1.82, 2.24) is 10.3 Å². The van der Waals surface area contributed by atoms with E-state index in [1.165, 1.54) is 0 Å². The highest BCUT2D eigenvalue weighted by Gasteiger charge is 2.14. The van der Waals surface area contributed by atoms with Crippen LogP contribution in [0.25, 0.3) is 11.5 Å². The van der Waals surface area contributed by atoms with Gasteiger partial charge in [-0.1, -0.05) is 18.2 Å². The average Bonchev–Trinajstić information content (AvgIpc) is 3.12. The van der Waals surface area contributed by atoms with Crippen LogP contribution in [-0.4, -0.2) is 30.0 Å². The number of nitrogens with one attached hydrogen (secondary N) is 1. The standard InChI is InChI=1S/C22H22N2O5/c1-3-27-18-11-9-16(10-12-18)21(26)23-13-20(25)28-14-19-15(2)29-22(24-19)17-7-5-4-6-8-17/h4-12H,3,13-14H2,1-2H3,(H,23,26). The summed E-state index contributed by atoms with van der Waals surface area (Å²) in [6.45, 7) is 3.93. The molecule has 0 aliphatic rings. The highest BCUT2D eigenvalue weighted by Crippen LogP contribution is 2.21. The number of esters is 1. The molecule has 3 rings (SSSR count). The summed E-state index contributed by atoms with van der Waals surface area (Å²) in [6, 6.07) is 16.1. The fourth-order valence-corrected chi connectivity index (χ4v) is 2.59. The van der Waals surface area contributed by atoms with E-state index in [2.05, 4.69) is 10.3 Å². The lowest BCUT2D eigenvalue weighted by Gasteiger charge is -2.07. The van der Waals surface area contributed by atoms with Crippen molar-refractivity contribution in [2.45, 2.75) is 20.5 Å². The van der Waals surface area contributed by atoms with Crippen LogP contribution in [0.5, 0.6) is 5.75 Å². The van der Waals surface area contributed by atoms with Crippen LogP contribution >= 0.6 is 0 Å². The maximum Gasteiger partial charge on any atom is 0.325 e. The summed E-state index contributed by atoms with van der Waals surface area (Å²) < 4.78 is 16.2. The highest BCUT2D eigenvalue weighted by atomic mass is 16.5. The predicted molar refractivity (Wildman–Crippen MR) is 106 cm³/mol.